The van der Waals surface area contributed by atoms with Gasteiger partial charge in [-0.05, 0) is 58.0 Å². The molecule has 0 saturated carbocycles. The SMILES string of the molecule is CCOC(=O)c1c(NC(=O)Cc2cccs2)sc2c1CC(C)(C)NC2(C)C.Cl. The molecule has 3 rings (SSSR count). The van der Waals surface area contributed by atoms with Crippen LogP contribution in [0.1, 0.15) is 60.3 Å². The number of rotatable bonds is 5. The molecule has 1 amide bonds. The number of hydrogen-bond donors (Lipinski definition) is 2. The number of halogens is 1. The minimum Gasteiger partial charge on any atom is -0.462 e. The van der Waals surface area contributed by atoms with Crippen molar-refractivity contribution in [2.24, 2.45) is 0 Å². The fraction of sp³-hybridized carbons (Fsp3) is 0.500. The van der Waals surface area contributed by atoms with Gasteiger partial charge in [-0.15, -0.1) is 35.1 Å². The van der Waals surface area contributed by atoms with Crippen LogP contribution < -0.4 is 10.6 Å². The van der Waals surface area contributed by atoms with E-state index < -0.39 is 0 Å². The minimum absolute atomic E-state index is 0. The molecule has 0 radical (unpaired) electrons. The predicted molar refractivity (Wildman–Crippen MR) is 118 cm³/mol. The zero-order valence-corrected chi connectivity index (χ0v) is 19.3. The standard InChI is InChI=1S/C20H26N2O3S2.ClH/c1-6-25-18(24)15-13-11-19(2,3)22-20(4,5)16(13)27-17(15)21-14(23)10-12-8-7-9-26-12;/h7-9,22H,6,10-11H2,1-5H3,(H,21,23);1H. The number of hydrogen-bond acceptors (Lipinski definition) is 6. The maximum absolute atomic E-state index is 12.7. The molecular weight excluding hydrogens is 416 g/mol. The van der Waals surface area contributed by atoms with Crippen molar-refractivity contribution in [3.63, 3.8) is 0 Å². The lowest BCUT2D eigenvalue weighted by Gasteiger charge is -2.42. The van der Waals surface area contributed by atoms with Gasteiger partial charge in [0.2, 0.25) is 5.91 Å². The molecule has 5 nitrogen and oxygen atoms in total. The number of fused-ring (bicyclic) bond motifs is 1. The Hall–Kier alpha value is -1.41. The monoisotopic (exact) mass is 442 g/mol. The second-order valence-corrected chi connectivity index (χ2v) is 10.0. The summed E-state index contributed by atoms with van der Waals surface area (Å²) in [6.45, 7) is 10.6. The first-order valence-electron chi connectivity index (χ1n) is 9.08. The first-order chi connectivity index (χ1) is 12.6. The summed E-state index contributed by atoms with van der Waals surface area (Å²) in [4.78, 5) is 27.4. The first-order valence-corrected chi connectivity index (χ1v) is 10.8. The molecule has 2 aromatic rings. The molecule has 1 aliphatic rings. The molecule has 8 heteroatoms. The van der Waals surface area contributed by atoms with E-state index in [9.17, 15) is 9.59 Å². The molecule has 0 spiro atoms. The average molecular weight is 443 g/mol. The smallest absolute Gasteiger partial charge is 0.341 e. The Labute approximate surface area is 180 Å². The third kappa shape index (κ3) is 4.76. The number of carbonyl (C=O) groups excluding carboxylic acids is 2. The van der Waals surface area contributed by atoms with E-state index in [1.54, 1.807) is 18.3 Å². The molecule has 0 saturated heterocycles. The number of thiophene rings is 2. The van der Waals surface area contributed by atoms with E-state index in [4.69, 9.17) is 4.74 Å². The van der Waals surface area contributed by atoms with Crippen LogP contribution in [0.15, 0.2) is 17.5 Å². The molecule has 3 heterocycles. The summed E-state index contributed by atoms with van der Waals surface area (Å²) < 4.78 is 5.31. The van der Waals surface area contributed by atoms with Crippen LogP contribution in [0.3, 0.4) is 0 Å². The van der Waals surface area contributed by atoms with Crippen LogP contribution in [0.2, 0.25) is 0 Å². The van der Waals surface area contributed by atoms with E-state index in [2.05, 4.69) is 38.3 Å². The van der Waals surface area contributed by atoms with Crippen molar-refractivity contribution in [3.05, 3.63) is 38.4 Å². The van der Waals surface area contributed by atoms with Gasteiger partial charge < -0.3 is 15.4 Å². The highest BCUT2D eigenvalue weighted by Crippen LogP contribution is 2.45. The van der Waals surface area contributed by atoms with E-state index >= 15 is 0 Å². The third-order valence-electron chi connectivity index (χ3n) is 4.49. The molecule has 0 atom stereocenters. The Morgan fingerprint density at radius 1 is 1.29 bits per heavy atom. The zero-order valence-electron chi connectivity index (χ0n) is 16.8. The van der Waals surface area contributed by atoms with Gasteiger partial charge >= 0.3 is 5.97 Å². The summed E-state index contributed by atoms with van der Waals surface area (Å²) in [6.07, 6.45) is 1.01. The second kappa shape index (κ2) is 8.53. The van der Waals surface area contributed by atoms with Crippen LogP contribution in [-0.2, 0) is 27.9 Å². The van der Waals surface area contributed by atoms with E-state index in [1.807, 2.05) is 17.5 Å². The lowest BCUT2D eigenvalue weighted by Crippen LogP contribution is -2.55. The summed E-state index contributed by atoms with van der Waals surface area (Å²) >= 11 is 3.02. The van der Waals surface area contributed by atoms with Gasteiger partial charge in [-0.2, -0.15) is 0 Å². The number of amides is 1. The van der Waals surface area contributed by atoms with Crippen LogP contribution in [-0.4, -0.2) is 24.0 Å². The molecule has 0 bridgehead atoms. The van der Waals surface area contributed by atoms with Crippen LogP contribution in [0.4, 0.5) is 5.00 Å². The zero-order chi connectivity index (χ0) is 19.8. The molecular formula is C20H27ClN2O3S2. The van der Waals surface area contributed by atoms with Gasteiger partial charge in [0.25, 0.3) is 0 Å². The Morgan fingerprint density at radius 3 is 2.61 bits per heavy atom. The van der Waals surface area contributed by atoms with Gasteiger partial charge in [0, 0.05) is 20.8 Å². The van der Waals surface area contributed by atoms with Crippen molar-refractivity contribution in [2.75, 3.05) is 11.9 Å². The van der Waals surface area contributed by atoms with Crippen molar-refractivity contribution < 1.29 is 14.3 Å². The molecule has 28 heavy (non-hydrogen) atoms. The first kappa shape index (κ1) is 22.9. The van der Waals surface area contributed by atoms with Gasteiger partial charge in [0.1, 0.15) is 5.00 Å². The van der Waals surface area contributed by atoms with Gasteiger partial charge in [-0.1, -0.05) is 6.07 Å². The lowest BCUT2D eigenvalue weighted by atomic mass is 9.81. The fourth-order valence-corrected chi connectivity index (χ4v) is 5.76. The van der Waals surface area contributed by atoms with Crippen LogP contribution >= 0.6 is 35.1 Å². The summed E-state index contributed by atoms with van der Waals surface area (Å²) in [5, 5.41) is 9.15. The number of esters is 1. The van der Waals surface area contributed by atoms with Gasteiger partial charge in [0.15, 0.2) is 0 Å². The highest BCUT2D eigenvalue weighted by atomic mass is 35.5. The second-order valence-electron chi connectivity index (χ2n) is 7.95. The van der Waals surface area contributed by atoms with Crippen LogP contribution in [0.25, 0.3) is 0 Å². The van der Waals surface area contributed by atoms with E-state index in [1.165, 1.54) is 11.3 Å². The highest BCUT2D eigenvalue weighted by molar-refractivity contribution is 7.17. The van der Waals surface area contributed by atoms with Crippen molar-refractivity contribution in [2.45, 2.75) is 58.5 Å². The Morgan fingerprint density at radius 2 is 2.00 bits per heavy atom. The van der Waals surface area contributed by atoms with Crippen molar-refractivity contribution in [3.8, 4) is 0 Å². The lowest BCUT2D eigenvalue weighted by molar-refractivity contribution is -0.115. The number of ether oxygens (including phenoxy) is 1. The predicted octanol–water partition coefficient (Wildman–Crippen LogP) is 4.75. The molecule has 2 aromatic heterocycles. The Balaban J connectivity index is 0.00000280. The van der Waals surface area contributed by atoms with Gasteiger partial charge in [-0.3, -0.25) is 4.79 Å². The molecule has 0 aromatic carbocycles. The quantitative estimate of drug-likeness (QED) is 0.655. The maximum atomic E-state index is 12.7. The third-order valence-corrected chi connectivity index (χ3v) is 6.84. The maximum Gasteiger partial charge on any atom is 0.341 e. The normalized spacial score (nSPS) is 16.6. The molecule has 0 aliphatic carbocycles. The molecule has 0 unspecified atom stereocenters. The Kier molecular flexibility index (Phi) is 6.97. The molecule has 2 N–H and O–H groups in total. The van der Waals surface area contributed by atoms with Crippen LogP contribution in [0, 0.1) is 0 Å². The summed E-state index contributed by atoms with van der Waals surface area (Å²) in [7, 11) is 0. The van der Waals surface area contributed by atoms with Gasteiger partial charge in [-0.25, -0.2) is 4.79 Å². The topological polar surface area (TPSA) is 67.4 Å². The summed E-state index contributed by atoms with van der Waals surface area (Å²) in [6, 6.07) is 3.86. The van der Waals surface area contributed by atoms with E-state index in [0.717, 1.165) is 15.3 Å². The number of carbonyl (C=O) groups is 2. The fourth-order valence-electron chi connectivity index (χ4n) is 3.78. The summed E-state index contributed by atoms with van der Waals surface area (Å²) in [5.41, 5.74) is 1.05. The van der Waals surface area contributed by atoms with Crippen molar-refractivity contribution in [1.29, 1.82) is 0 Å². The largest absolute Gasteiger partial charge is 0.462 e. The molecule has 154 valence electrons. The van der Waals surface area contributed by atoms with Gasteiger partial charge in [0.05, 0.1) is 18.6 Å². The van der Waals surface area contributed by atoms with Crippen molar-refractivity contribution >= 4 is 52.0 Å². The molecule has 1 aliphatic heterocycles. The number of nitrogens with one attached hydrogen (secondary N) is 2. The van der Waals surface area contributed by atoms with Crippen LogP contribution in [0.5, 0.6) is 0 Å². The van der Waals surface area contributed by atoms with E-state index in [0.29, 0.717) is 30.0 Å². The highest BCUT2D eigenvalue weighted by Gasteiger charge is 2.42. The van der Waals surface area contributed by atoms with Crippen molar-refractivity contribution in [1.82, 2.24) is 5.32 Å². The Bertz CT molecular complexity index is 857. The minimum atomic E-state index is -0.366. The summed E-state index contributed by atoms with van der Waals surface area (Å²) in [5.74, 6) is -0.485. The average Bonchev–Trinajstić information content (AvgIpc) is 3.13. The number of anilines is 1. The van der Waals surface area contributed by atoms with E-state index in [-0.39, 0.29) is 35.4 Å². The molecule has 0 fully saturated rings.